The van der Waals surface area contributed by atoms with Crippen LogP contribution in [0.2, 0.25) is 0 Å². The van der Waals surface area contributed by atoms with Crippen molar-refractivity contribution < 1.29 is 4.74 Å². The summed E-state index contributed by atoms with van der Waals surface area (Å²) in [6.07, 6.45) is 4.66. The maximum atomic E-state index is 5.88. The molecule has 1 N–H and O–H groups in total. The molecule has 122 valence electrons. The third kappa shape index (κ3) is 3.16. The van der Waals surface area contributed by atoms with E-state index in [2.05, 4.69) is 45.2 Å². The minimum atomic E-state index is -0.0188. The number of nitrogens with one attached hydrogen (secondary N) is 1. The summed E-state index contributed by atoms with van der Waals surface area (Å²) in [5.74, 6) is 1.72. The molecule has 23 heavy (non-hydrogen) atoms. The Bertz CT molecular complexity index is 681. The quantitative estimate of drug-likeness (QED) is 0.942. The predicted octanol–water partition coefficient (Wildman–Crippen LogP) is 2.43. The van der Waals surface area contributed by atoms with Crippen LogP contribution in [0.4, 0.5) is 0 Å². The van der Waals surface area contributed by atoms with Gasteiger partial charge in [0.25, 0.3) is 0 Å². The molecule has 0 unspecified atom stereocenters. The molecule has 5 heteroatoms. The van der Waals surface area contributed by atoms with Gasteiger partial charge in [0, 0.05) is 26.1 Å². The highest BCUT2D eigenvalue weighted by Crippen LogP contribution is 2.25. The lowest BCUT2D eigenvalue weighted by Gasteiger charge is -2.31. The lowest BCUT2D eigenvalue weighted by atomic mass is 10.1. The molecular weight excluding hydrogens is 288 g/mol. The van der Waals surface area contributed by atoms with Crippen molar-refractivity contribution in [1.82, 2.24) is 20.1 Å². The highest BCUT2D eigenvalue weighted by molar-refractivity contribution is 5.35. The van der Waals surface area contributed by atoms with E-state index < -0.39 is 0 Å². The number of aromatic amines is 1. The number of H-pyrrole nitrogens is 1. The number of aryl methyl sites for hydroxylation is 3. The smallest absolute Gasteiger partial charge is 0.180 e. The molecular formula is C18H24N4O. The minimum Gasteiger partial charge on any atom is -0.367 e. The second kappa shape index (κ2) is 6.42. The first kappa shape index (κ1) is 14.8. The molecule has 2 heterocycles. The van der Waals surface area contributed by atoms with Crippen LogP contribution in [0.25, 0.3) is 0 Å². The van der Waals surface area contributed by atoms with Gasteiger partial charge in [-0.05, 0) is 36.0 Å². The summed E-state index contributed by atoms with van der Waals surface area (Å²) in [5.41, 5.74) is 4.51. The normalized spacial score (nSPS) is 21.5. The van der Waals surface area contributed by atoms with E-state index in [9.17, 15) is 0 Å². The fourth-order valence-electron chi connectivity index (χ4n) is 3.60. The number of aromatic nitrogens is 3. The number of nitrogens with zero attached hydrogens (tertiary/aromatic N) is 3. The van der Waals surface area contributed by atoms with Gasteiger partial charge in [0.15, 0.2) is 5.82 Å². The van der Waals surface area contributed by atoms with E-state index >= 15 is 0 Å². The molecule has 2 aromatic rings. The van der Waals surface area contributed by atoms with Gasteiger partial charge in [-0.15, -0.1) is 0 Å². The largest absolute Gasteiger partial charge is 0.367 e. The van der Waals surface area contributed by atoms with Crippen LogP contribution in [0, 0.1) is 0 Å². The van der Waals surface area contributed by atoms with Crippen LogP contribution >= 0.6 is 0 Å². The van der Waals surface area contributed by atoms with E-state index in [0.29, 0.717) is 0 Å². The highest BCUT2D eigenvalue weighted by Gasteiger charge is 2.25. The van der Waals surface area contributed by atoms with Crippen LogP contribution in [0.1, 0.15) is 47.8 Å². The zero-order chi connectivity index (χ0) is 15.6. The molecule has 1 atom stereocenters. The zero-order valence-electron chi connectivity index (χ0n) is 13.7. The fourth-order valence-corrected chi connectivity index (χ4v) is 3.60. The number of rotatable bonds is 4. The Morgan fingerprint density at radius 2 is 2.22 bits per heavy atom. The van der Waals surface area contributed by atoms with Gasteiger partial charge in [-0.1, -0.05) is 25.1 Å². The van der Waals surface area contributed by atoms with E-state index in [-0.39, 0.29) is 6.10 Å². The Labute approximate surface area is 137 Å². The van der Waals surface area contributed by atoms with Crippen molar-refractivity contribution in [2.24, 2.45) is 0 Å². The van der Waals surface area contributed by atoms with E-state index in [0.717, 1.165) is 44.3 Å². The molecule has 1 aromatic heterocycles. The first-order chi connectivity index (χ1) is 11.3. The van der Waals surface area contributed by atoms with Crippen LogP contribution in [0.5, 0.6) is 0 Å². The second-order valence-electron chi connectivity index (χ2n) is 6.55. The zero-order valence-corrected chi connectivity index (χ0v) is 13.7. The molecule has 2 aliphatic rings. The maximum absolute atomic E-state index is 5.88. The summed E-state index contributed by atoms with van der Waals surface area (Å²) in [4.78, 5) is 6.97. The van der Waals surface area contributed by atoms with E-state index in [1.165, 1.54) is 24.8 Å². The Morgan fingerprint density at radius 1 is 1.30 bits per heavy atom. The number of ether oxygens (including phenoxy) is 1. The summed E-state index contributed by atoms with van der Waals surface area (Å²) in [5, 5.41) is 7.30. The van der Waals surface area contributed by atoms with Gasteiger partial charge in [-0.25, -0.2) is 4.98 Å². The molecule has 0 spiro atoms. The summed E-state index contributed by atoms with van der Waals surface area (Å²) >= 11 is 0. The SMILES string of the molecule is CCc1nc([C@@H]2CN(Cc3ccc4c(c3)CCC4)CCO2)n[nH]1. The van der Waals surface area contributed by atoms with Crippen LogP contribution < -0.4 is 0 Å². The van der Waals surface area contributed by atoms with E-state index in [4.69, 9.17) is 4.74 Å². The van der Waals surface area contributed by atoms with Gasteiger partial charge in [0.2, 0.25) is 0 Å². The Kier molecular flexibility index (Phi) is 4.14. The van der Waals surface area contributed by atoms with Crippen LogP contribution in [0.3, 0.4) is 0 Å². The van der Waals surface area contributed by atoms with Gasteiger partial charge in [-0.3, -0.25) is 10.00 Å². The molecule has 4 rings (SSSR count). The number of morpholine rings is 1. The average Bonchev–Trinajstić information content (AvgIpc) is 3.24. The first-order valence-electron chi connectivity index (χ1n) is 8.67. The van der Waals surface area contributed by atoms with Crippen LogP contribution in [-0.4, -0.2) is 39.8 Å². The number of fused-ring (bicyclic) bond motifs is 1. The monoisotopic (exact) mass is 312 g/mol. The lowest BCUT2D eigenvalue weighted by molar-refractivity contribution is -0.0370. The topological polar surface area (TPSA) is 54.0 Å². The van der Waals surface area contributed by atoms with Gasteiger partial charge >= 0.3 is 0 Å². The molecule has 1 fully saturated rings. The van der Waals surface area contributed by atoms with Gasteiger partial charge < -0.3 is 4.74 Å². The second-order valence-corrected chi connectivity index (χ2v) is 6.55. The minimum absolute atomic E-state index is 0.0188. The lowest BCUT2D eigenvalue weighted by Crippen LogP contribution is -2.38. The van der Waals surface area contributed by atoms with Crippen molar-refractivity contribution in [2.45, 2.75) is 45.3 Å². The Morgan fingerprint density at radius 3 is 3.09 bits per heavy atom. The van der Waals surface area contributed by atoms with Crippen molar-refractivity contribution in [1.29, 1.82) is 0 Å². The molecule has 1 aliphatic heterocycles. The van der Waals surface area contributed by atoms with Gasteiger partial charge in [0.05, 0.1) is 6.61 Å². The van der Waals surface area contributed by atoms with Crippen molar-refractivity contribution in [3.05, 3.63) is 46.5 Å². The van der Waals surface area contributed by atoms with Crippen molar-refractivity contribution in [3.8, 4) is 0 Å². The molecule has 1 aromatic carbocycles. The molecule has 1 saturated heterocycles. The van der Waals surface area contributed by atoms with Crippen molar-refractivity contribution in [2.75, 3.05) is 19.7 Å². The molecule has 1 aliphatic carbocycles. The third-order valence-corrected chi connectivity index (χ3v) is 4.89. The van der Waals surface area contributed by atoms with Crippen molar-refractivity contribution >= 4 is 0 Å². The Hall–Kier alpha value is -1.72. The van der Waals surface area contributed by atoms with E-state index in [1.807, 2.05) is 0 Å². The van der Waals surface area contributed by atoms with Crippen LogP contribution in [0.15, 0.2) is 18.2 Å². The average molecular weight is 312 g/mol. The van der Waals surface area contributed by atoms with Gasteiger partial charge in [-0.2, -0.15) is 5.10 Å². The van der Waals surface area contributed by atoms with Gasteiger partial charge in [0.1, 0.15) is 11.9 Å². The molecule has 0 radical (unpaired) electrons. The molecule has 0 amide bonds. The fraction of sp³-hybridized carbons (Fsp3) is 0.556. The number of benzene rings is 1. The standard InChI is InChI=1S/C18H24N4O/c1-2-17-19-18(21-20-17)16-12-22(8-9-23-16)11-13-6-7-14-4-3-5-15(14)10-13/h6-7,10,16H,2-5,8-9,11-12H2,1H3,(H,19,20,21)/t16-/m0/s1. The number of hydrogen-bond donors (Lipinski definition) is 1. The predicted molar refractivity (Wildman–Crippen MR) is 88.2 cm³/mol. The number of hydrogen-bond acceptors (Lipinski definition) is 4. The van der Waals surface area contributed by atoms with Crippen molar-refractivity contribution in [3.63, 3.8) is 0 Å². The third-order valence-electron chi connectivity index (χ3n) is 4.89. The highest BCUT2D eigenvalue weighted by atomic mass is 16.5. The molecule has 5 nitrogen and oxygen atoms in total. The maximum Gasteiger partial charge on any atom is 0.180 e. The first-order valence-corrected chi connectivity index (χ1v) is 8.67. The summed E-state index contributed by atoms with van der Waals surface area (Å²) < 4.78 is 5.88. The summed E-state index contributed by atoms with van der Waals surface area (Å²) in [6.45, 7) is 5.63. The van der Waals surface area contributed by atoms with E-state index in [1.54, 1.807) is 11.1 Å². The summed E-state index contributed by atoms with van der Waals surface area (Å²) in [6, 6.07) is 7.00. The Balaban J connectivity index is 1.43. The summed E-state index contributed by atoms with van der Waals surface area (Å²) in [7, 11) is 0. The molecule has 0 saturated carbocycles. The van der Waals surface area contributed by atoms with Crippen LogP contribution in [-0.2, 0) is 30.5 Å². The molecule has 0 bridgehead atoms.